The minimum Gasteiger partial charge on any atom is -0.350 e. The maximum Gasteiger partial charge on any atom is 0.161 e. The molecule has 7 rings (SSSR count). The van der Waals surface area contributed by atoms with Crippen molar-refractivity contribution in [3.8, 4) is 0 Å². The zero-order chi connectivity index (χ0) is 11.8. The van der Waals surface area contributed by atoms with E-state index in [0.29, 0.717) is 5.41 Å². The van der Waals surface area contributed by atoms with Gasteiger partial charge in [-0.15, -0.1) is 0 Å². The maximum atomic E-state index is 5.92. The van der Waals surface area contributed by atoms with Gasteiger partial charge in [-0.1, -0.05) is 22.9 Å². The van der Waals surface area contributed by atoms with Crippen molar-refractivity contribution >= 4 is 15.9 Å². The number of halogens is 1. The first-order valence-electron chi connectivity index (χ1n) is 7.62. The summed E-state index contributed by atoms with van der Waals surface area (Å²) in [6, 6.07) is 0. The van der Waals surface area contributed by atoms with Gasteiger partial charge in [0, 0.05) is 10.7 Å². The van der Waals surface area contributed by atoms with E-state index < -0.39 is 0 Å². The van der Waals surface area contributed by atoms with Crippen molar-refractivity contribution in [2.75, 3.05) is 13.2 Å². The summed E-state index contributed by atoms with van der Waals surface area (Å²) in [5, 5.41) is 0. The van der Waals surface area contributed by atoms with Crippen LogP contribution in [0.1, 0.15) is 13.3 Å². The average Bonchev–Trinajstić information content (AvgIpc) is 3.07. The maximum absolute atomic E-state index is 5.92. The first kappa shape index (κ1) is 10.2. The zero-order valence-electron chi connectivity index (χ0n) is 10.6. The van der Waals surface area contributed by atoms with Gasteiger partial charge in [0.05, 0.1) is 13.2 Å². The Kier molecular flexibility index (Phi) is 1.54. The number of hydrogen-bond donors (Lipinski definition) is 0. The fourth-order valence-electron chi connectivity index (χ4n) is 8.15. The van der Waals surface area contributed by atoms with E-state index in [1.54, 1.807) is 0 Å². The molecule has 0 radical (unpaired) electrons. The van der Waals surface area contributed by atoms with E-state index in [1.165, 1.54) is 6.42 Å². The second-order valence-electron chi connectivity index (χ2n) is 7.80. The average molecular weight is 311 g/mol. The first-order valence-corrected chi connectivity index (χ1v) is 8.53. The highest BCUT2D eigenvalue weighted by Crippen LogP contribution is 2.89. The van der Waals surface area contributed by atoms with Crippen molar-refractivity contribution < 1.29 is 9.47 Å². The molecule has 0 N–H and O–H groups in total. The van der Waals surface area contributed by atoms with Crippen LogP contribution in [0.5, 0.6) is 0 Å². The SMILES string of the molecule is C[C@@]12[C@@H]3[C@@H](C4OCCO4)[C@H]4[C@H]5C[C@H]([C@H]([C@H]53)[C@@H]1Br)[C@@H]42. The van der Waals surface area contributed by atoms with Crippen molar-refractivity contribution in [2.24, 2.45) is 52.8 Å². The molecule has 3 heteroatoms. The molecule has 1 aliphatic heterocycles. The van der Waals surface area contributed by atoms with Gasteiger partial charge in [0.2, 0.25) is 0 Å². The van der Waals surface area contributed by atoms with Gasteiger partial charge in [0.1, 0.15) is 0 Å². The molecule has 98 valence electrons. The molecule has 6 bridgehead atoms. The largest absolute Gasteiger partial charge is 0.350 e. The van der Waals surface area contributed by atoms with Crippen molar-refractivity contribution in [1.82, 2.24) is 0 Å². The van der Waals surface area contributed by atoms with Crippen LogP contribution in [0.15, 0.2) is 0 Å². The van der Waals surface area contributed by atoms with Crippen LogP contribution in [-0.4, -0.2) is 24.3 Å². The van der Waals surface area contributed by atoms with Crippen LogP contribution < -0.4 is 0 Å². The van der Waals surface area contributed by atoms with Crippen LogP contribution in [0, 0.1) is 52.8 Å². The number of rotatable bonds is 1. The fourth-order valence-corrected chi connectivity index (χ4v) is 9.50. The molecular weight excluding hydrogens is 292 g/mol. The number of alkyl halides is 1. The van der Waals surface area contributed by atoms with Crippen molar-refractivity contribution in [3.63, 3.8) is 0 Å². The Morgan fingerprint density at radius 2 is 1.67 bits per heavy atom. The second kappa shape index (κ2) is 2.73. The molecule has 0 aromatic rings. The van der Waals surface area contributed by atoms with E-state index in [9.17, 15) is 0 Å². The molecule has 7 aliphatic rings. The smallest absolute Gasteiger partial charge is 0.161 e. The first-order chi connectivity index (χ1) is 8.74. The minimum atomic E-state index is 0.145. The topological polar surface area (TPSA) is 18.5 Å². The van der Waals surface area contributed by atoms with Crippen LogP contribution in [0.4, 0.5) is 0 Å². The van der Waals surface area contributed by atoms with Crippen LogP contribution in [0.3, 0.4) is 0 Å². The van der Waals surface area contributed by atoms with E-state index in [-0.39, 0.29) is 6.29 Å². The second-order valence-corrected chi connectivity index (χ2v) is 8.79. The van der Waals surface area contributed by atoms with Gasteiger partial charge in [-0.3, -0.25) is 0 Å². The van der Waals surface area contributed by atoms with Gasteiger partial charge in [-0.2, -0.15) is 0 Å². The number of hydrogen-bond acceptors (Lipinski definition) is 2. The number of ether oxygens (including phenoxy) is 2. The Hall–Kier alpha value is 0.400. The third-order valence-electron chi connectivity index (χ3n) is 7.95. The highest BCUT2D eigenvalue weighted by atomic mass is 79.9. The van der Waals surface area contributed by atoms with E-state index >= 15 is 0 Å². The summed E-state index contributed by atoms with van der Waals surface area (Å²) in [6.07, 6.45) is 1.68. The third-order valence-corrected chi connectivity index (χ3v) is 9.55. The normalized spacial score (nSPS) is 74.7. The molecule has 6 saturated carbocycles. The molecule has 1 heterocycles. The highest BCUT2D eigenvalue weighted by Gasteiger charge is 2.87. The lowest BCUT2D eigenvalue weighted by Crippen LogP contribution is -2.37. The molecule has 2 nitrogen and oxygen atoms in total. The van der Waals surface area contributed by atoms with Crippen molar-refractivity contribution in [3.05, 3.63) is 0 Å². The fraction of sp³-hybridized carbons (Fsp3) is 1.00. The van der Waals surface area contributed by atoms with E-state index in [1.807, 2.05) is 0 Å². The molecular formula is C15H19BrO2. The molecule has 0 spiro atoms. The van der Waals surface area contributed by atoms with Crippen LogP contribution in [0.2, 0.25) is 0 Å². The van der Waals surface area contributed by atoms with Crippen molar-refractivity contribution in [1.29, 1.82) is 0 Å². The lowest BCUT2D eigenvalue weighted by atomic mass is 9.64. The summed E-state index contributed by atoms with van der Waals surface area (Å²) >= 11 is 4.10. The molecule has 1 saturated heterocycles. The summed E-state index contributed by atoms with van der Waals surface area (Å²) in [6.45, 7) is 4.22. The van der Waals surface area contributed by atoms with E-state index in [2.05, 4.69) is 22.9 Å². The van der Waals surface area contributed by atoms with Gasteiger partial charge in [-0.25, -0.2) is 0 Å². The quantitative estimate of drug-likeness (QED) is 0.693. The van der Waals surface area contributed by atoms with Gasteiger partial charge in [0.15, 0.2) is 6.29 Å². The molecule has 0 amide bonds. The van der Waals surface area contributed by atoms with Crippen molar-refractivity contribution in [2.45, 2.75) is 24.5 Å². The molecule has 0 unspecified atom stereocenters. The highest BCUT2D eigenvalue weighted by molar-refractivity contribution is 9.09. The third kappa shape index (κ3) is 0.722. The Balaban J connectivity index is 1.54. The van der Waals surface area contributed by atoms with E-state index in [0.717, 1.165) is 65.4 Å². The predicted molar refractivity (Wildman–Crippen MR) is 69.1 cm³/mol. The molecule has 18 heavy (non-hydrogen) atoms. The molecule has 0 aromatic heterocycles. The summed E-state index contributed by atoms with van der Waals surface area (Å²) in [5.41, 5.74) is 0.567. The van der Waals surface area contributed by atoms with Gasteiger partial charge in [0.25, 0.3) is 0 Å². The standard InChI is InChI=1S/C15H19BrO2/c1-15-11-6-4-5-7(9(6)13(15)16)12(15)10(8(5)11)14-17-2-3-18-14/h5-14H,2-4H2,1H3/t5-,6+,7-,8+,9+,10-,11-,12-,13-,15+/m0/s1. The van der Waals surface area contributed by atoms with Gasteiger partial charge < -0.3 is 9.47 Å². The molecule has 7 fully saturated rings. The summed E-state index contributed by atoms with van der Waals surface area (Å²) < 4.78 is 11.8. The molecule has 0 aromatic carbocycles. The van der Waals surface area contributed by atoms with E-state index in [4.69, 9.17) is 9.47 Å². The Labute approximate surface area is 116 Å². The Morgan fingerprint density at radius 3 is 2.39 bits per heavy atom. The summed E-state index contributed by atoms with van der Waals surface area (Å²) in [5.74, 6) is 7.64. The summed E-state index contributed by atoms with van der Waals surface area (Å²) in [4.78, 5) is 0.788. The van der Waals surface area contributed by atoms with Crippen LogP contribution in [-0.2, 0) is 9.47 Å². The lowest BCUT2D eigenvalue weighted by molar-refractivity contribution is -0.101. The lowest BCUT2D eigenvalue weighted by Gasteiger charge is -2.40. The Morgan fingerprint density at radius 1 is 0.944 bits per heavy atom. The van der Waals surface area contributed by atoms with Crippen LogP contribution >= 0.6 is 15.9 Å². The van der Waals surface area contributed by atoms with Crippen LogP contribution in [0.25, 0.3) is 0 Å². The predicted octanol–water partition coefficient (Wildman–Crippen LogP) is 2.52. The zero-order valence-corrected chi connectivity index (χ0v) is 12.2. The van der Waals surface area contributed by atoms with Gasteiger partial charge >= 0.3 is 0 Å². The molecule has 10 atom stereocenters. The minimum absolute atomic E-state index is 0.145. The summed E-state index contributed by atoms with van der Waals surface area (Å²) in [7, 11) is 0. The molecule has 6 aliphatic carbocycles. The Bertz CT molecular complexity index is 446. The monoisotopic (exact) mass is 310 g/mol. The van der Waals surface area contributed by atoms with Gasteiger partial charge in [-0.05, 0) is 53.3 Å².